The number of ether oxygens (including phenoxy) is 1. The summed E-state index contributed by atoms with van der Waals surface area (Å²) in [6.07, 6.45) is 3.53. The van der Waals surface area contributed by atoms with Crippen LogP contribution < -0.4 is 10.2 Å². The third-order valence-corrected chi connectivity index (χ3v) is 6.10. The lowest BCUT2D eigenvalue weighted by molar-refractivity contribution is 0.0955. The Morgan fingerprint density at radius 2 is 1.53 bits per heavy atom. The highest BCUT2D eigenvalue weighted by molar-refractivity contribution is 5.95. The van der Waals surface area contributed by atoms with Gasteiger partial charge < -0.3 is 4.74 Å². The molecule has 38 heavy (non-hydrogen) atoms. The van der Waals surface area contributed by atoms with Gasteiger partial charge in [-0.1, -0.05) is 77.9 Å². The molecule has 0 aliphatic carbocycles. The van der Waals surface area contributed by atoms with Gasteiger partial charge in [0.05, 0.1) is 11.9 Å². The molecule has 0 atom stereocenters. The SMILES string of the molecule is Cc1ccc(COc2ccc(C(=O)N/N=C\c3cn(-c4ccccc4)nc3-c3ccc(C)cc3)cc2)cc1. The molecule has 0 fully saturated rings. The zero-order chi connectivity index (χ0) is 26.3. The summed E-state index contributed by atoms with van der Waals surface area (Å²) >= 11 is 0. The summed E-state index contributed by atoms with van der Waals surface area (Å²) in [5, 5.41) is 9.01. The minimum atomic E-state index is -0.307. The first-order valence-electron chi connectivity index (χ1n) is 12.4. The number of aryl methyl sites for hydroxylation is 2. The molecule has 6 heteroatoms. The average molecular weight is 501 g/mol. The largest absolute Gasteiger partial charge is 0.489 e. The van der Waals surface area contributed by atoms with Crippen LogP contribution in [0.5, 0.6) is 5.75 Å². The first kappa shape index (κ1) is 24.7. The molecule has 188 valence electrons. The van der Waals surface area contributed by atoms with Crippen molar-refractivity contribution in [2.45, 2.75) is 20.5 Å². The van der Waals surface area contributed by atoms with Gasteiger partial charge in [-0.25, -0.2) is 10.1 Å². The van der Waals surface area contributed by atoms with Gasteiger partial charge in [0, 0.05) is 22.9 Å². The molecule has 0 saturated carbocycles. The van der Waals surface area contributed by atoms with Crippen LogP contribution in [0.2, 0.25) is 0 Å². The number of hydrogen-bond acceptors (Lipinski definition) is 4. The Kier molecular flexibility index (Phi) is 7.41. The first-order valence-corrected chi connectivity index (χ1v) is 12.4. The molecule has 0 spiro atoms. The second-order valence-electron chi connectivity index (χ2n) is 9.08. The van der Waals surface area contributed by atoms with Crippen LogP contribution in [0.1, 0.15) is 32.6 Å². The van der Waals surface area contributed by atoms with Crippen molar-refractivity contribution in [3.63, 3.8) is 0 Å². The summed E-state index contributed by atoms with van der Waals surface area (Å²) in [4.78, 5) is 12.7. The van der Waals surface area contributed by atoms with Gasteiger partial charge in [0.2, 0.25) is 0 Å². The lowest BCUT2D eigenvalue weighted by atomic mass is 10.1. The number of amides is 1. The molecule has 0 aliphatic rings. The van der Waals surface area contributed by atoms with Crippen molar-refractivity contribution >= 4 is 12.1 Å². The van der Waals surface area contributed by atoms with Crippen LogP contribution in [-0.2, 0) is 6.61 Å². The van der Waals surface area contributed by atoms with Gasteiger partial charge in [-0.05, 0) is 55.8 Å². The molecular formula is C32H28N4O2. The Hall–Kier alpha value is -4.97. The second-order valence-corrected chi connectivity index (χ2v) is 9.08. The van der Waals surface area contributed by atoms with Crippen LogP contribution in [0.25, 0.3) is 16.9 Å². The molecule has 0 radical (unpaired) electrons. The van der Waals surface area contributed by atoms with Crippen LogP contribution in [0.15, 0.2) is 114 Å². The highest BCUT2D eigenvalue weighted by atomic mass is 16.5. The Labute approximate surface area is 222 Å². The van der Waals surface area contributed by atoms with E-state index < -0.39 is 0 Å². The molecule has 6 nitrogen and oxygen atoms in total. The third kappa shape index (κ3) is 6.05. The summed E-state index contributed by atoms with van der Waals surface area (Å²) in [6.45, 7) is 4.57. The van der Waals surface area contributed by atoms with Gasteiger partial charge in [-0.3, -0.25) is 4.79 Å². The van der Waals surface area contributed by atoms with E-state index in [1.54, 1.807) is 30.5 Å². The van der Waals surface area contributed by atoms with E-state index in [2.05, 4.69) is 29.6 Å². The third-order valence-electron chi connectivity index (χ3n) is 6.10. The minimum Gasteiger partial charge on any atom is -0.489 e. The number of hydrogen-bond donors (Lipinski definition) is 1. The van der Waals surface area contributed by atoms with Crippen LogP contribution >= 0.6 is 0 Å². The number of carbonyl (C=O) groups is 1. The molecule has 1 amide bonds. The average Bonchev–Trinajstić information content (AvgIpc) is 3.38. The maximum atomic E-state index is 12.7. The Morgan fingerprint density at radius 3 is 2.21 bits per heavy atom. The van der Waals surface area contributed by atoms with Crippen molar-refractivity contribution in [1.82, 2.24) is 15.2 Å². The van der Waals surface area contributed by atoms with Crippen LogP contribution in [0, 0.1) is 13.8 Å². The smallest absolute Gasteiger partial charge is 0.271 e. The fourth-order valence-corrected chi connectivity index (χ4v) is 3.91. The summed E-state index contributed by atoms with van der Waals surface area (Å²) in [7, 11) is 0. The predicted molar refractivity (Wildman–Crippen MR) is 151 cm³/mol. The number of nitrogens with zero attached hydrogens (tertiary/aromatic N) is 3. The highest BCUT2D eigenvalue weighted by Gasteiger charge is 2.12. The number of aromatic nitrogens is 2. The van der Waals surface area contributed by atoms with E-state index in [9.17, 15) is 4.79 Å². The Balaban J connectivity index is 1.27. The summed E-state index contributed by atoms with van der Waals surface area (Å²) in [5.41, 5.74) is 10.1. The number of benzene rings is 4. The highest BCUT2D eigenvalue weighted by Crippen LogP contribution is 2.23. The van der Waals surface area contributed by atoms with E-state index in [1.807, 2.05) is 84.5 Å². The molecule has 1 N–H and O–H groups in total. The zero-order valence-corrected chi connectivity index (χ0v) is 21.3. The van der Waals surface area contributed by atoms with Gasteiger partial charge in [0.1, 0.15) is 18.1 Å². The predicted octanol–water partition coefficient (Wildman–Crippen LogP) is 6.50. The van der Waals surface area contributed by atoms with E-state index in [0.717, 1.165) is 28.1 Å². The monoisotopic (exact) mass is 500 g/mol. The van der Waals surface area contributed by atoms with Crippen molar-refractivity contribution < 1.29 is 9.53 Å². The van der Waals surface area contributed by atoms with Gasteiger partial charge >= 0.3 is 0 Å². The quantitative estimate of drug-likeness (QED) is 0.195. The number of nitrogens with one attached hydrogen (secondary N) is 1. The molecular weight excluding hydrogens is 472 g/mol. The van der Waals surface area contributed by atoms with Crippen molar-refractivity contribution in [3.8, 4) is 22.7 Å². The molecule has 0 unspecified atom stereocenters. The lowest BCUT2D eigenvalue weighted by Gasteiger charge is -2.07. The first-order chi connectivity index (χ1) is 18.5. The molecule has 5 aromatic rings. The molecule has 0 saturated heterocycles. The van der Waals surface area contributed by atoms with E-state index in [0.29, 0.717) is 17.9 Å². The summed E-state index contributed by atoms with van der Waals surface area (Å²) < 4.78 is 7.65. The number of carbonyl (C=O) groups excluding carboxylic acids is 1. The van der Waals surface area contributed by atoms with Crippen LogP contribution in [0.3, 0.4) is 0 Å². The Bertz CT molecular complexity index is 1540. The topological polar surface area (TPSA) is 68.5 Å². The van der Waals surface area contributed by atoms with Crippen molar-refractivity contribution in [3.05, 3.63) is 137 Å². The maximum Gasteiger partial charge on any atom is 0.271 e. The van der Waals surface area contributed by atoms with E-state index >= 15 is 0 Å². The molecule has 1 heterocycles. The van der Waals surface area contributed by atoms with Gasteiger partial charge in [0.15, 0.2) is 0 Å². The van der Waals surface area contributed by atoms with E-state index in [1.165, 1.54) is 11.1 Å². The van der Waals surface area contributed by atoms with E-state index in [4.69, 9.17) is 9.84 Å². The molecule has 1 aromatic heterocycles. The molecule has 4 aromatic carbocycles. The van der Waals surface area contributed by atoms with Crippen LogP contribution in [0.4, 0.5) is 0 Å². The van der Waals surface area contributed by atoms with Gasteiger partial charge in [-0.15, -0.1) is 0 Å². The lowest BCUT2D eigenvalue weighted by Crippen LogP contribution is -2.17. The number of hydrazone groups is 1. The molecule has 0 aliphatic heterocycles. The zero-order valence-electron chi connectivity index (χ0n) is 21.3. The van der Waals surface area contributed by atoms with Gasteiger partial charge in [-0.2, -0.15) is 10.2 Å². The summed E-state index contributed by atoms with van der Waals surface area (Å²) in [5.74, 6) is 0.389. The molecule has 5 rings (SSSR count). The molecule has 0 bridgehead atoms. The fraction of sp³-hybridized carbons (Fsp3) is 0.0938. The number of rotatable bonds is 8. The van der Waals surface area contributed by atoms with E-state index in [-0.39, 0.29) is 5.91 Å². The maximum absolute atomic E-state index is 12.7. The summed E-state index contributed by atoms with van der Waals surface area (Å²) in [6, 6.07) is 33.3. The standard InChI is InChI=1S/C32H28N4O2/c1-23-8-12-25(13-9-23)22-38-30-18-16-27(17-19-30)32(37)34-33-20-28-21-36(29-6-4-3-5-7-29)35-31(28)26-14-10-24(2)11-15-26/h3-21H,22H2,1-2H3,(H,34,37)/b33-20-. The van der Waals surface area contributed by atoms with Crippen LogP contribution in [-0.4, -0.2) is 21.9 Å². The number of para-hydroxylation sites is 1. The normalized spacial score (nSPS) is 11.0. The van der Waals surface area contributed by atoms with Crippen molar-refractivity contribution in [1.29, 1.82) is 0 Å². The fourth-order valence-electron chi connectivity index (χ4n) is 3.91. The minimum absolute atomic E-state index is 0.307. The van der Waals surface area contributed by atoms with Crippen molar-refractivity contribution in [2.24, 2.45) is 5.10 Å². The van der Waals surface area contributed by atoms with Gasteiger partial charge in [0.25, 0.3) is 5.91 Å². The Morgan fingerprint density at radius 1 is 0.868 bits per heavy atom. The van der Waals surface area contributed by atoms with Crippen molar-refractivity contribution in [2.75, 3.05) is 0 Å². The second kappa shape index (κ2) is 11.4.